The first-order valence-corrected chi connectivity index (χ1v) is 8.60. The summed E-state index contributed by atoms with van der Waals surface area (Å²) in [6.07, 6.45) is 0.601. The number of hydrogen-bond donors (Lipinski definition) is 1. The smallest absolute Gasteiger partial charge is 0.241 e. The summed E-state index contributed by atoms with van der Waals surface area (Å²) in [5, 5.41) is 4.10. The molecule has 4 rings (SSSR count). The van der Waals surface area contributed by atoms with E-state index in [1.54, 1.807) is 0 Å². The Hall–Kier alpha value is -2.99. The molecular weight excluding hydrogens is 328 g/mol. The molecule has 1 aliphatic rings. The van der Waals surface area contributed by atoms with Crippen molar-refractivity contribution >= 4 is 5.91 Å². The molecule has 0 saturated carbocycles. The Morgan fingerprint density at radius 2 is 1.92 bits per heavy atom. The Balaban J connectivity index is 1.58. The standard InChI is InChI=1S/C20H20N4O2/c1-13-6-2-5-9-16(13)20-22-18(26-23-20)12-24-11-15-8-4-3-7-14(15)10-17(24)19(21)25/h2-9,17H,10-12H2,1H3,(H2,21,25)/t17-/m0/s1. The van der Waals surface area contributed by atoms with Crippen LogP contribution in [0.4, 0.5) is 0 Å². The number of amides is 1. The minimum absolute atomic E-state index is 0.335. The molecule has 3 aromatic rings. The lowest BCUT2D eigenvalue weighted by molar-refractivity contribution is -0.124. The molecular formula is C20H20N4O2. The van der Waals surface area contributed by atoms with Crippen LogP contribution in [-0.4, -0.2) is 27.0 Å². The summed E-state index contributed by atoms with van der Waals surface area (Å²) in [7, 11) is 0. The van der Waals surface area contributed by atoms with E-state index in [0.717, 1.165) is 11.1 Å². The van der Waals surface area contributed by atoms with Crippen molar-refractivity contribution in [3.8, 4) is 11.4 Å². The number of carbonyl (C=O) groups excluding carboxylic acids is 1. The molecule has 0 aliphatic carbocycles. The predicted molar refractivity (Wildman–Crippen MR) is 96.8 cm³/mol. The molecule has 0 radical (unpaired) electrons. The predicted octanol–water partition coefficient (Wildman–Crippen LogP) is 2.46. The molecule has 6 heteroatoms. The molecule has 0 saturated heterocycles. The van der Waals surface area contributed by atoms with Crippen LogP contribution >= 0.6 is 0 Å². The SMILES string of the molecule is Cc1ccccc1-c1noc(CN2Cc3ccccc3C[C@H]2C(N)=O)n1. The van der Waals surface area contributed by atoms with E-state index >= 15 is 0 Å². The average molecular weight is 348 g/mol. The van der Waals surface area contributed by atoms with E-state index in [0.29, 0.717) is 31.2 Å². The first-order chi connectivity index (χ1) is 12.6. The number of primary amides is 1. The van der Waals surface area contributed by atoms with Crippen molar-refractivity contribution in [3.63, 3.8) is 0 Å². The third-order valence-corrected chi connectivity index (χ3v) is 4.87. The molecule has 6 nitrogen and oxygen atoms in total. The highest BCUT2D eigenvalue weighted by atomic mass is 16.5. The molecule has 1 amide bonds. The summed E-state index contributed by atoms with van der Waals surface area (Å²) in [5.41, 5.74) is 10.0. The molecule has 2 N–H and O–H groups in total. The van der Waals surface area contributed by atoms with E-state index in [9.17, 15) is 4.79 Å². The summed E-state index contributed by atoms with van der Waals surface area (Å²) >= 11 is 0. The maximum atomic E-state index is 12.0. The molecule has 0 bridgehead atoms. The number of aromatic nitrogens is 2. The van der Waals surface area contributed by atoms with Crippen LogP contribution in [0.5, 0.6) is 0 Å². The second-order valence-electron chi connectivity index (χ2n) is 6.62. The average Bonchev–Trinajstić information content (AvgIpc) is 3.09. The van der Waals surface area contributed by atoms with Crippen molar-refractivity contribution in [1.29, 1.82) is 0 Å². The maximum Gasteiger partial charge on any atom is 0.241 e. The van der Waals surface area contributed by atoms with Crippen LogP contribution in [0.1, 0.15) is 22.6 Å². The molecule has 0 fully saturated rings. The van der Waals surface area contributed by atoms with Gasteiger partial charge in [-0.05, 0) is 30.0 Å². The number of carbonyl (C=O) groups is 1. The molecule has 0 spiro atoms. The second kappa shape index (κ2) is 6.72. The van der Waals surface area contributed by atoms with E-state index in [-0.39, 0.29) is 11.9 Å². The summed E-state index contributed by atoms with van der Waals surface area (Å²) in [4.78, 5) is 18.5. The minimum atomic E-state index is -0.376. The van der Waals surface area contributed by atoms with E-state index < -0.39 is 0 Å². The molecule has 1 atom stereocenters. The van der Waals surface area contributed by atoms with Crippen molar-refractivity contribution in [2.75, 3.05) is 0 Å². The lowest BCUT2D eigenvalue weighted by atomic mass is 9.93. The Morgan fingerprint density at radius 3 is 2.69 bits per heavy atom. The Bertz CT molecular complexity index is 950. The van der Waals surface area contributed by atoms with Gasteiger partial charge in [-0.3, -0.25) is 9.69 Å². The van der Waals surface area contributed by atoms with Crippen LogP contribution in [0.15, 0.2) is 53.1 Å². The normalized spacial score (nSPS) is 17.0. The molecule has 2 aromatic carbocycles. The van der Waals surface area contributed by atoms with Gasteiger partial charge in [0, 0.05) is 12.1 Å². The van der Waals surface area contributed by atoms with Gasteiger partial charge in [0.05, 0.1) is 12.6 Å². The number of aryl methyl sites for hydroxylation is 1. The topological polar surface area (TPSA) is 85.3 Å². The lowest BCUT2D eigenvalue weighted by Crippen LogP contribution is -2.48. The van der Waals surface area contributed by atoms with Gasteiger partial charge in [0.25, 0.3) is 0 Å². The molecule has 2 heterocycles. The first kappa shape index (κ1) is 16.5. The second-order valence-corrected chi connectivity index (χ2v) is 6.62. The minimum Gasteiger partial charge on any atom is -0.368 e. The molecule has 0 unspecified atom stereocenters. The maximum absolute atomic E-state index is 12.0. The number of fused-ring (bicyclic) bond motifs is 1. The highest BCUT2D eigenvalue weighted by molar-refractivity contribution is 5.80. The zero-order valence-electron chi connectivity index (χ0n) is 14.6. The number of rotatable bonds is 4. The summed E-state index contributed by atoms with van der Waals surface area (Å²) < 4.78 is 5.44. The van der Waals surface area contributed by atoms with Crippen LogP contribution in [0, 0.1) is 6.92 Å². The largest absolute Gasteiger partial charge is 0.368 e. The zero-order chi connectivity index (χ0) is 18.1. The first-order valence-electron chi connectivity index (χ1n) is 8.60. The monoisotopic (exact) mass is 348 g/mol. The number of nitrogens with zero attached hydrogens (tertiary/aromatic N) is 3. The van der Waals surface area contributed by atoms with Gasteiger partial charge in [-0.2, -0.15) is 4.98 Å². The van der Waals surface area contributed by atoms with Gasteiger partial charge in [-0.1, -0.05) is 53.7 Å². The van der Waals surface area contributed by atoms with Gasteiger partial charge in [-0.15, -0.1) is 0 Å². The Morgan fingerprint density at radius 1 is 1.19 bits per heavy atom. The summed E-state index contributed by atoms with van der Waals surface area (Å²) in [6, 6.07) is 15.6. The van der Waals surface area contributed by atoms with Crippen LogP contribution in [0.2, 0.25) is 0 Å². The fourth-order valence-electron chi connectivity index (χ4n) is 3.45. The van der Waals surface area contributed by atoms with E-state index in [2.05, 4.69) is 16.2 Å². The summed E-state index contributed by atoms with van der Waals surface area (Å²) in [5.74, 6) is 0.707. The number of benzene rings is 2. The molecule has 1 aliphatic heterocycles. The van der Waals surface area contributed by atoms with Gasteiger partial charge in [0.1, 0.15) is 0 Å². The van der Waals surface area contributed by atoms with Crippen LogP contribution in [0.3, 0.4) is 0 Å². The number of nitrogens with two attached hydrogens (primary N) is 1. The Labute approximate surface area is 151 Å². The van der Waals surface area contributed by atoms with Crippen molar-refractivity contribution in [2.24, 2.45) is 5.73 Å². The fourth-order valence-corrected chi connectivity index (χ4v) is 3.45. The van der Waals surface area contributed by atoms with Crippen molar-refractivity contribution in [1.82, 2.24) is 15.0 Å². The zero-order valence-corrected chi connectivity index (χ0v) is 14.6. The number of hydrogen-bond acceptors (Lipinski definition) is 5. The highest BCUT2D eigenvalue weighted by Gasteiger charge is 2.31. The third-order valence-electron chi connectivity index (χ3n) is 4.87. The van der Waals surface area contributed by atoms with Gasteiger partial charge < -0.3 is 10.3 Å². The van der Waals surface area contributed by atoms with Gasteiger partial charge in [0.2, 0.25) is 17.6 Å². The lowest BCUT2D eigenvalue weighted by Gasteiger charge is -2.33. The quantitative estimate of drug-likeness (QED) is 0.783. The summed E-state index contributed by atoms with van der Waals surface area (Å²) in [6.45, 7) is 3.03. The van der Waals surface area contributed by atoms with E-state index in [1.165, 1.54) is 11.1 Å². The van der Waals surface area contributed by atoms with Crippen LogP contribution < -0.4 is 5.73 Å². The fraction of sp³-hybridized carbons (Fsp3) is 0.250. The third kappa shape index (κ3) is 3.11. The van der Waals surface area contributed by atoms with Crippen molar-refractivity contribution in [2.45, 2.75) is 32.5 Å². The molecule has 132 valence electrons. The van der Waals surface area contributed by atoms with Crippen LogP contribution in [0.25, 0.3) is 11.4 Å². The Kier molecular flexibility index (Phi) is 4.26. The van der Waals surface area contributed by atoms with Gasteiger partial charge in [0.15, 0.2) is 0 Å². The van der Waals surface area contributed by atoms with Crippen LogP contribution in [-0.2, 0) is 24.3 Å². The van der Waals surface area contributed by atoms with Gasteiger partial charge in [-0.25, -0.2) is 0 Å². The molecule has 1 aromatic heterocycles. The van der Waals surface area contributed by atoms with E-state index in [4.69, 9.17) is 10.3 Å². The van der Waals surface area contributed by atoms with Crippen molar-refractivity contribution in [3.05, 3.63) is 71.1 Å². The van der Waals surface area contributed by atoms with Crippen molar-refractivity contribution < 1.29 is 9.32 Å². The molecule has 26 heavy (non-hydrogen) atoms. The highest BCUT2D eigenvalue weighted by Crippen LogP contribution is 2.26. The van der Waals surface area contributed by atoms with E-state index in [1.807, 2.05) is 54.3 Å². The van der Waals surface area contributed by atoms with Gasteiger partial charge >= 0.3 is 0 Å².